The molecule has 1 aromatic carbocycles. The second kappa shape index (κ2) is 5.57. The average Bonchev–Trinajstić information content (AvgIpc) is 2.86. The normalized spacial score (nSPS) is 13.1. The molecule has 1 unspecified atom stereocenters. The number of benzene rings is 1. The largest absolute Gasteiger partial charge is 0.478 e. The zero-order chi connectivity index (χ0) is 15.6. The Bertz CT molecular complexity index is 635. The summed E-state index contributed by atoms with van der Waals surface area (Å²) in [4.78, 5) is 10.7. The summed E-state index contributed by atoms with van der Waals surface area (Å²) in [5.74, 6) is -1.11. The van der Waals surface area contributed by atoms with Crippen molar-refractivity contribution in [3.63, 3.8) is 0 Å². The van der Waals surface area contributed by atoms with E-state index in [2.05, 4.69) is 5.10 Å². The standard InChI is InChI=1S/C13H11F3N2O3/c14-13(15,16)11(19)9-3-1-8(2-4-9)6-18-7-10(5-17-18)12(20)21/h1-5,7,11,19H,6H2,(H,20,21). The highest BCUT2D eigenvalue weighted by Crippen LogP contribution is 2.32. The minimum absolute atomic E-state index is 0.0270. The Kier molecular flexibility index (Phi) is 3.99. The van der Waals surface area contributed by atoms with Gasteiger partial charge in [0.15, 0.2) is 6.10 Å². The number of carboxylic acid groups (broad SMARTS) is 1. The van der Waals surface area contributed by atoms with Crippen molar-refractivity contribution in [3.8, 4) is 0 Å². The minimum Gasteiger partial charge on any atom is -0.478 e. The van der Waals surface area contributed by atoms with Gasteiger partial charge in [0.2, 0.25) is 0 Å². The molecule has 1 atom stereocenters. The molecular weight excluding hydrogens is 289 g/mol. The third-order valence-electron chi connectivity index (χ3n) is 2.83. The van der Waals surface area contributed by atoms with E-state index < -0.39 is 18.2 Å². The number of alkyl halides is 3. The minimum atomic E-state index is -4.71. The van der Waals surface area contributed by atoms with E-state index in [4.69, 9.17) is 10.2 Å². The predicted octanol–water partition coefficient (Wildman–Crippen LogP) is 2.23. The molecule has 21 heavy (non-hydrogen) atoms. The lowest BCUT2D eigenvalue weighted by Gasteiger charge is -2.15. The Balaban J connectivity index is 2.10. The maximum absolute atomic E-state index is 12.3. The summed E-state index contributed by atoms with van der Waals surface area (Å²) in [6.45, 7) is 0.218. The first-order valence-electron chi connectivity index (χ1n) is 5.87. The van der Waals surface area contributed by atoms with E-state index in [1.807, 2.05) is 0 Å². The Labute approximate surface area is 117 Å². The van der Waals surface area contributed by atoms with E-state index in [-0.39, 0.29) is 17.7 Å². The lowest BCUT2D eigenvalue weighted by Crippen LogP contribution is -2.20. The molecule has 0 radical (unpaired) electrons. The number of hydrogen-bond donors (Lipinski definition) is 2. The average molecular weight is 300 g/mol. The third-order valence-corrected chi connectivity index (χ3v) is 2.83. The van der Waals surface area contributed by atoms with Crippen LogP contribution in [0.3, 0.4) is 0 Å². The number of aliphatic hydroxyl groups is 1. The topological polar surface area (TPSA) is 75.3 Å². The van der Waals surface area contributed by atoms with Crippen molar-refractivity contribution in [1.29, 1.82) is 0 Å². The molecular formula is C13H11F3N2O3. The van der Waals surface area contributed by atoms with Gasteiger partial charge in [-0.3, -0.25) is 4.68 Å². The Hall–Kier alpha value is -2.35. The molecule has 2 N–H and O–H groups in total. The van der Waals surface area contributed by atoms with E-state index >= 15 is 0 Å². The Morgan fingerprint density at radius 3 is 2.38 bits per heavy atom. The number of hydrogen-bond acceptors (Lipinski definition) is 3. The molecule has 0 bridgehead atoms. The molecule has 5 nitrogen and oxygen atoms in total. The number of halogens is 3. The summed E-state index contributed by atoms with van der Waals surface area (Å²) in [7, 11) is 0. The van der Waals surface area contributed by atoms with Crippen LogP contribution in [0.4, 0.5) is 13.2 Å². The highest BCUT2D eigenvalue weighted by Gasteiger charge is 2.39. The number of rotatable bonds is 4. The van der Waals surface area contributed by atoms with Gasteiger partial charge in [-0.05, 0) is 11.1 Å². The Morgan fingerprint density at radius 1 is 1.29 bits per heavy atom. The molecule has 0 aliphatic heterocycles. The van der Waals surface area contributed by atoms with Crippen molar-refractivity contribution in [2.24, 2.45) is 0 Å². The Morgan fingerprint density at radius 2 is 1.90 bits per heavy atom. The van der Waals surface area contributed by atoms with Crippen LogP contribution < -0.4 is 0 Å². The molecule has 2 aromatic rings. The molecule has 0 aliphatic carbocycles. The fourth-order valence-corrected chi connectivity index (χ4v) is 1.74. The third kappa shape index (κ3) is 3.60. The van der Waals surface area contributed by atoms with Gasteiger partial charge in [-0.1, -0.05) is 24.3 Å². The van der Waals surface area contributed by atoms with Crippen molar-refractivity contribution in [2.75, 3.05) is 0 Å². The van der Waals surface area contributed by atoms with E-state index in [1.165, 1.54) is 41.3 Å². The van der Waals surface area contributed by atoms with Gasteiger partial charge in [0, 0.05) is 6.20 Å². The molecule has 0 saturated carbocycles. The predicted molar refractivity (Wildman–Crippen MR) is 65.7 cm³/mol. The first-order valence-corrected chi connectivity index (χ1v) is 5.87. The van der Waals surface area contributed by atoms with Crippen LogP contribution >= 0.6 is 0 Å². The highest BCUT2D eigenvalue weighted by atomic mass is 19.4. The van der Waals surface area contributed by atoms with Gasteiger partial charge < -0.3 is 10.2 Å². The van der Waals surface area contributed by atoms with Gasteiger partial charge in [0.05, 0.1) is 18.3 Å². The molecule has 1 heterocycles. The SMILES string of the molecule is O=C(O)c1cnn(Cc2ccc(C(O)C(F)(F)F)cc2)c1. The molecule has 0 amide bonds. The van der Waals surface area contributed by atoms with Gasteiger partial charge in [-0.2, -0.15) is 18.3 Å². The summed E-state index contributed by atoms with van der Waals surface area (Å²) in [6, 6.07) is 5.20. The van der Waals surface area contributed by atoms with Crippen molar-refractivity contribution in [2.45, 2.75) is 18.8 Å². The summed E-state index contributed by atoms with van der Waals surface area (Å²) in [6.07, 6.45) is -4.72. The molecule has 2 rings (SSSR count). The summed E-state index contributed by atoms with van der Waals surface area (Å²) < 4.78 is 38.4. The molecule has 112 valence electrons. The van der Waals surface area contributed by atoms with Crippen LogP contribution in [0.25, 0.3) is 0 Å². The van der Waals surface area contributed by atoms with Crippen LogP contribution in [-0.4, -0.2) is 32.1 Å². The van der Waals surface area contributed by atoms with Crippen molar-refractivity contribution >= 4 is 5.97 Å². The lowest BCUT2D eigenvalue weighted by atomic mass is 10.1. The fourth-order valence-electron chi connectivity index (χ4n) is 1.74. The van der Waals surface area contributed by atoms with Crippen LogP contribution in [0.2, 0.25) is 0 Å². The maximum Gasteiger partial charge on any atom is 0.418 e. The van der Waals surface area contributed by atoms with E-state index in [1.54, 1.807) is 0 Å². The van der Waals surface area contributed by atoms with E-state index in [0.29, 0.717) is 5.56 Å². The molecule has 0 spiro atoms. The molecule has 8 heteroatoms. The summed E-state index contributed by atoms with van der Waals surface area (Å²) >= 11 is 0. The number of aromatic nitrogens is 2. The van der Waals surface area contributed by atoms with E-state index in [9.17, 15) is 18.0 Å². The number of carboxylic acids is 1. The highest BCUT2D eigenvalue weighted by molar-refractivity contribution is 5.86. The molecule has 0 aliphatic rings. The molecule has 0 saturated heterocycles. The molecule has 1 aromatic heterocycles. The molecule has 0 fully saturated rings. The maximum atomic E-state index is 12.3. The summed E-state index contributed by atoms with van der Waals surface area (Å²) in [5.41, 5.74) is 0.408. The zero-order valence-electron chi connectivity index (χ0n) is 10.6. The fraction of sp³-hybridized carbons (Fsp3) is 0.231. The quantitative estimate of drug-likeness (QED) is 0.908. The van der Waals surface area contributed by atoms with Crippen molar-refractivity contribution < 1.29 is 28.2 Å². The number of carbonyl (C=O) groups is 1. The lowest BCUT2D eigenvalue weighted by molar-refractivity contribution is -0.206. The van der Waals surface area contributed by atoms with Crippen LogP contribution in [0.5, 0.6) is 0 Å². The second-order valence-corrected chi connectivity index (χ2v) is 4.42. The number of aromatic carboxylic acids is 1. The van der Waals surface area contributed by atoms with Gasteiger partial charge >= 0.3 is 12.1 Å². The number of nitrogens with zero attached hydrogens (tertiary/aromatic N) is 2. The van der Waals surface area contributed by atoms with Crippen LogP contribution in [0.1, 0.15) is 27.6 Å². The second-order valence-electron chi connectivity index (χ2n) is 4.42. The van der Waals surface area contributed by atoms with Crippen molar-refractivity contribution in [1.82, 2.24) is 9.78 Å². The first kappa shape index (κ1) is 15.0. The van der Waals surface area contributed by atoms with Crippen LogP contribution in [0.15, 0.2) is 36.7 Å². The van der Waals surface area contributed by atoms with Gasteiger partial charge in [-0.15, -0.1) is 0 Å². The monoisotopic (exact) mass is 300 g/mol. The number of aliphatic hydroxyl groups excluding tert-OH is 1. The van der Waals surface area contributed by atoms with Gasteiger partial charge in [0.25, 0.3) is 0 Å². The van der Waals surface area contributed by atoms with E-state index in [0.717, 1.165) is 0 Å². The van der Waals surface area contributed by atoms with Crippen molar-refractivity contribution in [3.05, 3.63) is 53.3 Å². The van der Waals surface area contributed by atoms with Crippen LogP contribution in [0, 0.1) is 0 Å². The first-order chi connectivity index (χ1) is 9.77. The van der Waals surface area contributed by atoms with Crippen LogP contribution in [-0.2, 0) is 6.54 Å². The van der Waals surface area contributed by atoms with Gasteiger partial charge in [0.1, 0.15) is 0 Å². The smallest absolute Gasteiger partial charge is 0.418 e. The summed E-state index contributed by atoms with van der Waals surface area (Å²) in [5, 5.41) is 21.7. The zero-order valence-corrected chi connectivity index (χ0v) is 10.6. The van der Waals surface area contributed by atoms with Gasteiger partial charge in [-0.25, -0.2) is 4.79 Å².